The molecule has 1 amide bonds. The zero-order valence-corrected chi connectivity index (χ0v) is 14.3. The van der Waals surface area contributed by atoms with Crippen LogP contribution in [-0.4, -0.2) is 46.6 Å². The molecule has 0 fully saturated rings. The maximum atomic E-state index is 11.8. The minimum atomic E-state index is -0.313. The van der Waals surface area contributed by atoms with Gasteiger partial charge in [-0.05, 0) is 13.8 Å². The third kappa shape index (κ3) is 5.08. The molecule has 2 aromatic rings. The number of carbonyl (C=O) groups excluding carboxylic acids is 1. The number of thiazole rings is 1. The SMILES string of the molecule is COCCNC(=O)[C@H](C)Sc1nnc(Cc2csc(C)n2)o1. The minimum Gasteiger partial charge on any atom is -0.416 e. The number of nitrogens with zero attached hydrogens (tertiary/aromatic N) is 3. The lowest BCUT2D eigenvalue weighted by atomic mass is 10.3. The van der Waals surface area contributed by atoms with E-state index >= 15 is 0 Å². The Morgan fingerprint density at radius 3 is 3.05 bits per heavy atom. The second-order valence-corrected chi connectivity index (χ2v) is 6.89. The van der Waals surface area contributed by atoms with Crippen molar-refractivity contribution in [3.05, 3.63) is 22.0 Å². The molecule has 2 rings (SSSR count). The predicted molar refractivity (Wildman–Crippen MR) is 84.2 cm³/mol. The molecule has 0 aliphatic heterocycles. The molecule has 22 heavy (non-hydrogen) atoms. The molecule has 0 spiro atoms. The molecular formula is C13H18N4O3S2. The number of aryl methyl sites for hydroxylation is 1. The molecule has 0 bridgehead atoms. The van der Waals surface area contributed by atoms with E-state index in [9.17, 15) is 4.79 Å². The molecule has 0 saturated carbocycles. The second kappa shape index (κ2) is 8.25. The van der Waals surface area contributed by atoms with Crippen molar-refractivity contribution in [2.45, 2.75) is 30.7 Å². The molecule has 0 unspecified atom stereocenters. The molecule has 1 atom stereocenters. The van der Waals surface area contributed by atoms with Crippen LogP contribution < -0.4 is 5.32 Å². The van der Waals surface area contributed by atoms with Crippen LogP contribution in [-0.2, 0) is 16.0 Å². The number of carbonyl (C=O) groups is 1. The molecule has 0 saturated heterocycles. The summed E-state index contributed by atoms with van der Waals surface area (Å²) in [6, 6.07) is 0. The van der Waals surface area contributed by atoms with Gasteiger partial charge in [-0.3, -0.25) is 4.79 Å². The molecule has 0 aliphatic rings. The van der Waals surface area contributed by atoms with Crippen LogP contribution >= 0.6 is 23.1 Å². The lowest BCUT2D eigenvalue weighted by molar-refractivity contribution is -0.120. The third-order valence-electron chi connectivity index (χ3n) is 2.70. The highest BCUT2D eigenvalue weighted by molar-refractivity contribution is 8.00. The summed E-state index contributed by atoms with van der Waals surface area (Å²) >= 11 is 2.82. The van der Waals surface area contributed by atoms with Gasteiger partial charge in [-0.1, -0.05) is 11.8 Å². The van der Waals surface area contributed by atoms with Crippen molar-refractivity contribution in [2.75, 3.05) is 20.3 Å². The van der Waals surface area contributed by atoms with E-state index in [1.807, 2.05) is 12.3 Å². The van der Waals surface area contributed by atoms with Crippen LogP contribution in [0, 0.1) is 6.92 Å². The first-order chi connectivity index (χ1) is 10.6. The van der Waals surface area contributed by atoms with Crippen molar-refractivity contribution in [1.29, 1.82) is 0 Å². The molecule has 1 N–H and O–H groups in total. The Balaban J connectivity index is 1.84. The normalized spacial score (nSPS) is 12.3. The zero-order chi connectivity index (χ0) is 15.9. The molecule has 0 aliphatic carbocycles. The first-order valence-corrected chi connectivity index (χ1v) is 8.51. The van der Waals surface area contributed by atoms with E-state index in [0.29, 0.717) is 30.7 Å². The summed E-state index contributed by atoms with van der Waals surface area (Å²) in [5, 5.41) is 13.8. The molecule has 9 heteroatoms. The van der Waals surface area contributed by atoms with Gasteiger partial charge in [0.15, 0.2) is 0 Å². The number of hydrogen-bond donors (Lipinski definition) is 1. The Morgan fingerprint density at radius 1 is 1.55 bits per heavy atom. The van der Waals surface area contributed by atoms with E-state index < -0.39 is 0 Å². The van der Waals surface area contributed by atoms with Crippen molar-refractivity contribution in [3.63, 3.8) is 0 Å². The number of aromatic nitrogens is 3. The Bertz CT molecular complexity index is 614. The highest BCUT2D eigenvalue weighted by Crippen LogP contribution is 2.22. The summed E-state index contributed by atoms with van der Waals surface area (Å²) < 4.78 is 10.4. The average Bonchev–Trinajstić information content (AvgIpc) is 3.08. The smallest absolute Gasteiger partial charge is 0.277 e. The van der Waals surface area contributed by atoms with Gasteiger partial charge in [-0.15, -0.1) is 21.5 Å². The summed E-state index contributed by atoms with van der Waals surface area (Å²) in [5.41, 5.74) is 0.910. The van der Waals surface area contributed by atoms with Gasteiger partial charge >= 0.3 is 0 Å². The van der Waals surface area contributed by atoms with E-state index in [2.05, 4.69) is 20.5 Å². The minimum absolute atomic E-state index is 0.0862. The monoisotopic (exact) mass is 342 g/mol. The number of methoxy groups -OCH3 is 1. The quantitative estimate of drug-likeness (QED) is 0.576. The predicted octanol–water partition coefficient (Wildman–Crippen LogP) is 1.67. The van der Waals surface area contributed by atoms with Crippen LogP contribution in [0.4, 0.5) is 0 Å². The summed E-state index contributed by atoms with van der Waals surface area (Å²) in [7, 11) is 1.59. The van der Waals surface area contributed by atoms with Crippen molar-refractivity contribution >= 4 is 29.0 Å². The zero-order valence-electron chi connectivity index (χ0n) is 12.7. The molecule has 7 nitrogen and oxygen atoms in total. The topological polar surface area (TPSA) is 90.1 Å². The fourth-order valence-electron chi connectivity index (χ4n) is 1.63. The maximum Gasteiger partial charge on any atom is 0.277 e. The highest BCUT2D eigenvalue weighted by Gasteiger charge is 2.18. The van der Waals surface area contributed by atoms with Gasteiger partial charge in [-0.2, -0.15) is 0 Å². The van der Waals surface area contributed by atoms with E-state index in [1.54, 1.807) is 25.4 Å². The summed E-state index contributed by atoms with van der Waals surface area (Å²) in [6.45, 7) is 4.72. The van der Waals surface area contributed by atoms with Gasteiger partial charge in [0.25, 0.3) is 5.22 Å². The molecular weight excluding hydrogens is 324 g/mol. The summed E-state index contributed by atoms with van der Waals surface area (Å²) in [6.07, 6.45) is 0.506. The standard InChI is InChI=1S/C13H18N4O3S2/c1-8(12(18)14-4-5-19-3)22-13-17-16-11(20-13)6-10-7-21-9(2)15-10/h7-8H,4-6H2,1-3H3,(H,14,18)/t8-/m0/s1. The van der Waals surface area contributed by atoms with Gasteiger partial charge in [0.1, 0.15) is 0 Å². The lowest BCUT2D eigenvalue weighted by Crippen LogP contribution is -2.33. The Kier molecular flexibility index (Phi) is 6.34. The van der Waals surface area contributed by atoms with Gasteiger partial charge in [0, 0.05) is 19.0 Å². The van der Waals surface area contributed by atoms with Gasteiger partial charge in [0.05, 0.1) is 29.0 Å². The Labute approximate surface area is 136 Å². The Hall–Kier alpha value is -1.45. The second-order valence-electron chi connectivity index (χ2n) is 4.54. The number of rotatable bonds is 8. The number of nitrogens with one attached hydrogen (secondary N) is 1. The van der Waals surface area contributed by atoms with Crippen LogP contribution in [0.15, 0.2) is 15.0 Å². The van der Waals surface area contributed by atoms with Crippen molar-refractivity contribution in [2.24, 2.45) is 0 Å². The van der Waals surface area contributed by atoms with E-state index in [4.69, 9.17) is 9.15 Å². The van der Waals surface area contributed by atoms with E-state index in [-0.39, 0.29) is 11.2 Å². The van der Waals surface area contributed by atoms with Crippen LogP contribution in [0.3, 0.4) is 0 Å². The molecule has 120 valence electrons. The van der Waals surface area contributed by atoms with Crippen LogP contribution in [0.1, 0.15) is 23.5 Å². The van der Waals surface area contributed by atoms with Crippen molar-refractivity contribution in [1.82, 2.24) is 20.5 Å². The first kappa shape index (κ1) is 16.9. The fourth-order valence-corrected chi connectivity index (χ4v) is 2.96. The first-order valence-electron chi connectivity index (χ1n) is 6.75. The van der Waals surface area contributed by atoms with Crippen LogP contribution in [0.2, 0.25) is 0 Å². The third-order valence-corrected chi connectivity index (χ3v) is 4.46. The molecule has 0 radical (unpaired) electrons. The largest absolute Gasteiger partial charge is 0.416 e. The number of ether oxygens (including phenoxy) is 1. The van der Waals surface area contributed by atoms with Gasteiger partial charge in [-0.25, -0.2) is 4.98 Å². The van der Waals surface area contributed by atoms with Crippen molar-refractivity contribution in [3.8, 4) is 0 Å². The van der Waals surface area contributed by atoms with Crippen LogP contribution in [0.25, 0.3) is 0 Å². The molecule has 2 heterocycles. The van der Waals surface area contributed by atoms with E-state index in [1.165, 1.54) is 11.8 Å². The van der Waals surface area contributed by atoms with E-state index in [0.717, 1.165) is 10.7 Å². The van der Waals surface area contributed by atoms with Crippen LogP contribution in [0.5, 0.6) is 0 Å². The maximum absolute atomic E-state index is 11.8. The average molecular weight is 342 g/mol. The lowest BCUT2D eigenvalue weighted by Gasteiger charge is -2.08. The van der Waals surface area contributed by atoms with Gasteiger partial charge in [0.2, 0.25) is 11.8 Å². The Morgan fingerprint density at radius 2 is 2.36 bits per heavy atom. The molecule has 2 aromatic heterocycles. The number of amides is 1. The van der Waals surface area contributed by atoms with Gasteiger partial charge < -0.3 is 14.5 Å². The summed E-state index contributed by atoms with van der Waals surface area (Å²) in [4.78, 5) is 16.2. The highest BCUT2D eigenvalue weighted by atomic mass is 32.2. The number of thioether (sulfide) groups is 1. The fraction of sp³-hybridized carbons (Fsp3) is 0.538. The molecule has 0 aromatic carbocycles. The summed E-state index contributed by atoms with van der Waals surface area (Å²) in [5.74, 6) is 0.414. The number of hydrogen-bond acceptors (Lipinski definition) is 8. The van der Waals surface area contributed by atoms with Crippen molar-refractivity contribution < 1.29 is 13.9 Å².